The first-order valence-corrected chi connectivity index (χ1v) is 10.4. The smallest absolute Gasteiger partial charge is 0.147 e. The molecule has 0 aliphatic heterocycles. The first-order chi connectivity index (χ1) is 9.90. The number of hydrogen-bond donors (Lipinski definition) is 1. The minimum absolute atomic E-state index is 0.287. The van der Waals surface area contributed by atoms with Crippen LogP contribution in [0.25, 0.3) is 0 Å². The van der Waals surface area contributed by atoms with Crippen LogP contribution in [0, 0.1) is 5.92 Å². The van der Waals surface area contributed by atoms with Crippen LogP contribution in [0.1, 0.15) is 31.7 Å². The van der Waals surface area contributed by atoms with Crippen molar-refractivity contribution in [2.24, 2.45) is 5.92 Å². The zero-order chi connectivity index (χ0) is 15.7. The van der Waals surface area contributed by atoms with Crippen molar-refractivity contribution in [3.8, 4) is 0 Å². The van der Waals surface area contributed by atoms with Gasteiger partial charge >= 0.3 is 0 Å². The summed E-state index contributed by atoms with van der Waals surface area (Å²) in [5.74, 6) is 0.767. The van der Waals surface area contributed by atoms with Crippen molar-refractivity contribution >= 4 is 25.8 Å². The highest BCUT2D eigenvalue weighted by Gasteiger charge is 2.11. The fourth-order valence-electron chi connectivity index (χ4n) is 2.39. The molecule has 1 rings (SSSR count). The molecule has 3 nitrogen and oxygen atoms in total. The SMILES string of the molecule is CCCNCC(CCCS(C)(=O)=O)Cc1cccc(Br)c1. The molecule has 0 amide bonds. The predicted octanol–water partition coefficient (Wildman–Crippen LogP) is 3.43. The van der Waals surface area contributed by atoms with Crippen LogP contribution in [0.5, 0.6) is 0 Å². The van der Waals surface area contributed by atoms with Gasteiger partial charge in [-0.05, 0) is 62.4 Å². The van der Waals surface area contributed by atoms with Crippen molar-refractivity contribution in [3.63, 3.8) is 0 Å². The molecule has 0 spiro atoms. The zero-order valence-electron chi connectivity index (χ0n) is 12.9. The van der Waals surface area contributed by atoms with Gasteiger partial charge in [0, 0.05) is 16.5 Å². The van der Waals surface area contributed by atoms with Crippen LogP contribution in [0.4, 0.5) is 0 Å². The highest BCUT2D eigenvalue weighted by Crippen LogP contribution is 2.18. The van der Waals surface area contributed by atoms with Crippen molar-refractivity contribution in [2.45, 2.75) is 32.6 Å². The molecule has 21 heavy (non-hydrogen) atoms. The molecule has 1 N–H and O–H groups in total. The van der Waals surface area contributed by atoms with E-state index in [0.717, 1.165) is 43.2 Å². The highest BCUT2D eigenvalue weighted by atomic mass is 79.9. The van der Waals surface area contributed by atoms with Crippen molar-refractivity contribution in [1.82, 2.24) is 5.32 Å². The average Bonchev–Trinajstić information content (AvgIpc) is 2.37. The molecule has 0 saturated carbocycles. The lowest BCUT2D eigenvalue weighted by Crippen LogP contribution is -2.25. The molecule has 1 unspecified atom stereocenters. The summed E-state index contributed by atoms with van der Waals surface area (Å²) < 4.78 is 23.6. The van der Waals surface area contributed by atoms with E-state index in [-0.39, 0.29) is 5.75 Å². The quantitative estimate of drug-likeness (QED) is 0.637. The number of halogens is 1. The second-order valence-electron chi connectivity index (χ2n) is 5.68. The molecule has 0 heterocycles. The van der Waals surface area contributed by atoms with Crippen LogP contribution in [0.2, 0.25) is 0 Å². The minimum Gasteiger partial charge on any atom is -0.316 e. The van der Waals surface area contributed by atoms with Gasteiger partial charge in [-0.2, -0.15) is 0 Å². The van der Waals surface area contributed by atoms with E-state index in [1.165, 1.54) is 11.8 Å². The highest BCUT2D eigenvalue weighted by molar-refractivity contribution is 9.10. The van der Waals surface area contributed by atoms with E-state index in [0.29, 0.717) is 5.92 Å². The van der Waals surface area contributed by atoms with Gasteiger partial charge in [0.15, 0.2) is 0 Å². The van der Waals surface area contributed by atoms with Gasteiger partial charge in [-0.1, -0.05) is 35.0 Å². The lowest BCUT2D eigenvalue weighted by atomic mass is 9.95. The van der Waals surface area contributed by atoms with Gasteiger partial charge in [-0.15, -0.1) is 0 Å². The summed E-state index contributed by atoms with van der Waals surface area (Å²) in [4.78, 5) is 0. The molecule has 0 bridgehead atoms. The normalized spacial score (nSPS) is 13.3. The van der Waals surface area contributed by atoms with Crippen molar-refractivity contribution < 1.29 is 8.42 Å². The van der Waals surface area contributed by atoms with E-state index >= 15 is 0 Å². The molecule has 120 valence electrons. The summed E-state index contributed by atoms with van der Waals surface area (Å²) in [5, 5.41) is 3.46. The third-order valence-corrected chi connectivity index (χ3v) is 4.92. The molecule has 0 fully saturated rings. The second kappa shape index (κ2) is 9.59. The van der Waals surface area contributed by atoms with E-state index in [9.17, 15) is 8.42 Å². The van der Waals surface area contributed by atoms with E-state index in [2.05, 4.69) is 40.3 Å². The number of nitrogens with one attached hydrogen (secondary N) is 1. The van der Waals surface area contributed by atoms with Gasteiger partial charge in [0.25, 0.3) is 0 Å². The Kier molecular flexibility index (Phi) is 8.52. The van der Waals surface area contributed by atoms with Crippen molar-refractivity contribution in [3.05, 3.63) is 34.3 Å². The second-order valence-corrected chi connectivity index (χ2v) is 8.85. The Bertz CT molecular complexity index is 517. The molecule has 0 aliphatic carbocycles. The third kappa shape index (κ3) is 9.27. The Balaban J connectivity index is 2.54. The van der Waals surface area contributed by atoms with Gasteiger partial charge in [-0.3, -0.25) is 0 Å². The Morgan fingerprint density at radius 2 is 2.10 bits per heavy atom. The van der Waals surface area contributed by atoms with Crippen LogP contribution in [0.3, 0.4) is 0 Å². The summed E-state index contributed by atoms with van der Waals surface area (Å²) in [6, 6.07) is 8.35. The Morgan fingerprint density at radius 1 is 1.33 bits per heavy atom. The van der Waals surface area contributed by atoms with E-state index in [1.54, 1.807) is 0 Å². The third-order valence-electron chi connectivity index (χ3n) is 3.40. The molecular weight excluding hydrogens is 350 g/mol. The van der Waals surface area contributed by atoms with Gasteiger partial charge < -0.3 is 5.32 Å². The van der Waals surface area contributed by atoms with Crippen molar-refractivity contribution in [1.29, 1.82) is 0 Å². The van der Waals surface area contributed by atoms with E-state index in [4.69, 9.17) is 0 Å². The maximum Gasteiger partial charge on any atom is 0.147 e. The Hall–Kier alpha value is -0.390. The fourth-order valence-corrected chi connectivity index (χ4v) is 3.53. The molecule has 5 heteroatoms. The molecule has 0 aromatic heterocycles. The first-order valence-electron chi connectivity index (χ1n) is 7.53. The topological polar surface area (TPSA) is 46.2 Å². The van der Waals surface area contributed by atoms with E-state index in [1.807, 2.05) is 12.1 Å². The summed E-state index contributed by atoms with van der Waals surface area (Å²) in [7, 11) is -2.85. The fraction of sp³-hybridized carbons (Fsp3) is 0.625. The molecule has 0 aliphatic rings. The standard InChI is InChI=1S/C16H26BrNO2S/c1-3-9-18-13-15(7-5-10-21(2,19)20)11-14-6-4-8-16(17)12-14/h4,6,8,12,15,18H,3,5,7,9-11,13H2,1-2H3. The predicted molar refractivity (Wildman–Crippen MR) is 93.4 cm³/mol. The molecular formula is C16H26BrNO2S. The summed E-state index contributed by atoms with van der Waals surface area (Å²) in [6.45, 7) is 4.12. The summed E-state index contributed by atoms with van der Waals surface area (Å²) >= 11 is 3.50. The van der Waals surface area contributed by atoms with Gasteiger partial charge in [0.2, 0.25) is 0 Å². The largest absolute Gasteiger partial charge is 0.316 e. The summed E-state index contributed by atoms with van der Waals surface area (Å²) in [5.41, 5.74) is 1.30. The average molecular weight is 376 g/mol. The van der Waals surface area contributed by atoms with Crippen LogP contribution < -0.4 is 5.32 Å². The van der Waals surface area contributed by atoms with Crippen LogP contribution in [-0.2, 0) is 16.3 Å². The zero-order valence-corrected chi connectivity index (χ0v) is 15.3. The maximum absolute atomic E-state index is 11.3. The van der Waals surface area contributed by atoms with Gasteiger partial charge in [0.05, 0.1) is 0 Å². The maximum atomic E-state index is 11.3. The van der Waals surface area contributed by atoms with Crippen LogP contribution in [-0.4, -0.2) is 33.5 Å². The molecule has 0 radical (unpaired) electrons. The Labute approximate surface area is 137 Å². The number of sulfone groups is 1. The lowest BCUT2D eigenvalue weighted by Gasteiger charge is -2.18. The Morgan fingerprint density at radius 3 is 2.71 bits per heavy atom. The van der Waals surface area contributed by atoms with Gasteiger partial charge in [-0.25, -0.2) is 8.42 Å². The van der Waals surface area contributed by atoms with E-state index < -0.39 is 9.84 Å². The lowest BCUT2D eigenvalue weighted by molar-refractivity contribution is 0.438. The molecule has 0 saturated heterocycles. The first kappa shape index (κ1) is 18.7. The molecule has 1 aromatic carbocycles. The monoisotopic (exact) mass is 375 g/mol. The number of rotatable bonds is 10. The number of hydrogen-bond acceptors (Lipinski definition) is 3. The molecule has 1 atom stereocenters. The molecule has 1 aromatic rings. The summed E-state index contributed by atoms with van der Waals surface area (Å²) in [6.07, 6.45) is 5.10. The van der Waals surface area contributed by atoms with Crippen molar-refractivity contribution in [2.75, 3.05) is 25.1 Å². The van der Waals surface area contributed by atoms with Crippen LogP contribution >= 0.6 is 15.9 Å². The van der Waals surface area contributed by atoms with Crippen LogP contribution in [0.15, 0.2) is 28.7 Å². The number of benzene rings is 1. The minimum atomic E-state index is -2.85. The van der Waals surface area contributed by atoms with Gasteiger partial charge in [0.1, 0.15) is 9.84 Å².